The van der Waals surface area contributed by atoms with E-state index in [4.69, 9.17) is 9.84 Å². The zero-order chi connectivity index (χ0) is 16.9. The summed E-state index contributed by atoms with van der Waals surface area (Å²) in [6.45, 7) is 2.16. The average molecular weight is 316 g/mol. The van der Waals surface area contributed by atoms with Gasteiger partial charge in [-0.3, -0.25) is 0 Å². The van der Waals surface area contributed by atoms with Crippen LogP contribution >= 0.6 is 0 Å². The summed E-state index contributed by atoms with van der Waals surface area (Å²) in [5.41, 5.74) is 1.35. The maximum absolute atomic E-state index is 8.80. The highest BCUT2D eigenvalue weighted by molar-refractivity contribution is 5.99. The Morgan fingerprint density at radius 2 is 1.33 bits per heavy atom. The Balaban J connectivity index is 0.000000162. The molecule has 120 valence electrons. The van der Waals surface area contributed by atoms with E-state index in [9.17, 15) is 0 Å². The molecule has 1 N–H and O–H groups in total. The summed E-state index contributed by atoms with van der Waals surface area (Å²) < 4.78 is 4.86. The van der Waals surface area contributed by atoms with Crippen LogP contribution < -0.4 is 4.74 Å². The molecule has 4 aromatic rings. The average Bonchev–Trinajstić information content (AvgIpc) is 2.62. The van der Waals surface area contributed by atoms with Crippen LogP contribution in [0.1, 0.15) is 5.56 Å². The summed E-state index contributed by atoms with van der Waals surface area (Å²) in [5, 5.41) is 14.1. The molecular weight excluding hydrogens is 296 g/mol. The van der Waals surface area contributed by atoms with Crippen molar-refractivity contribution in [3.63, 3.8) is 0 Å². The second-order valence-corrected chi connectivity index (χ2v) is 5.69. The normalized spacial score (nSPS) is 10.2. The van der Waals surface area contributed by atoms with Crippen LogP contribution in [-0.4, -0.2) is 12.2 Å². The molecule has 0 bridgehead atoms. The summed E-state index contributed by atoms with van der Waals surface area (Å²) in [6, 6.07) is 26.1. The third kappa shape index (κ3) is 3.49. The van der Waals surface area contributed by atoms with Gasteiger partial charge in [-0.15, -0.1) is 0 Å². The smallest absolute Gasteiger partial charge is 0.119 e. The number of phenols is 1. The van der Waals surface area contributed by atoms with Crippen molar-refractivity contribution in [2.75, 3.05) is 7.11 Å². The molecule has 0 spiro atoms. The molecule has 24 heavy (non-hydrogen) atoms. The molecule has 0 aliphatic heterocycles. The van der Waals surface area contributed by atoms with Crippen molar-refractivity contribution in [3.05, 3.63) is 84.4 Å². The maximum atomic E-state index is 8.80. The van der Waals surface area contributed by atoms with Crippen LogP contribution in [0, 0.1) is 6.92 Å². The molecule has 0 aromatic heterocycles. The number of aromatic hydroxyl groups is 1. The molecule has 0 radical (unpaired) electrons. The van der Waals surface area contributed by atoms with E-state index in [-0.39, 0.29) is 5.75 Å². The monoisotopic (exact) mass is 316 g/mol. The lowest BCUT2D eigenvalue weighted by Crippen LogP contribution is -1.79. The van der Waals surface area contributed by atoms with E-state index in [1.165, 1.54) is 27.1 Å². The largest absolute Gasteiger partial charge is 0.508 e. The number of rotatable bonds is 1. The van der Waals surface area contributed by atoms with Gasteiger partial charge in [-0.05, 0) is 70.4 Å². The first-order valence-corrected chi connectivity index (χ1v) is 7.88. The fraction of sp³-hybridized carbons (Fsp3) is 0.0909. The van der Waals surface area contributed by atoms with E-state index in [2.05, 4.69) is 61.5 Å². The predicted octanol–water partition coefficient (Wildman–Crippen LogP) is 5.70. The SMILES string of the molecule is COc1ccc(O)cc1.Cc1cccc2cc3ccccc3cc12. The maximum Gasteiger partial charge on any atom is 0.119 e. The van der Waals surface area contributed by atoms with Gasteiger partial charge in [0.05, 0.1) is 7.11 Å². The van der Waals surface area contributed by atoms with Crippen LogP contribution in [0.4, 0.5) is 0 Å². The van der Waals surface area contributed by atoms with Gasteiger partial charge in [0.15, 0.2) is 0 Å². The number of phenolic OH excluding ortho intramolecular Hbond substituents is 1. The number of hydrogen-bond donors (Lipinski definition) is 1. The van der Waals surface area contributed by atoms with Crippen LogP contribution in [0.2, 0.25) is 0 Å². The second kappa shape index (κ2) is 7.05. The Kier molecular flexibility index (Phi) is 4.66. The molecule has 2 nitrogen and oxygen atoms in total. The van der Waals surface area contributed by atoms with Crippen molar-refractivity contribution < 1.29 is 9.84 Å². The number of aryl methyl sites for hydroxylation is 1. The van der Waals surface area contributed by atoms with Crippen LogP contribution in [0.25, 0.3) is 21.5 Å². The molecule has 2 heteroatoms. The minimum atomic E-state index is 0.260. The van der Waals surface area contributed by atoms with Crippen molar-refractivity contribution in [1.29, 1.82) is 0 Å². The molecule has 0 atom stereocenters. The first-order valence-electron chi connectivity index (χ1n) is 7.88. The third-order valence-electron chi connectivity index (χ3n) is 4.04. The van der Waals surface area contributed by atoms with Crippen LogP contribution in [0.5, 0.6) is 11.5 Å². The number of ether oxygens (including phenoxy) is 1. The highest BCUT2D eigenvalue weighted by Crippen LogP contribution is 2.24. The van der Waals surface area contributed by atoms with Gasteiger partial charge in [-0.25, -0.2) is 0 Å². The zero-order valence-electron chi connectivity index (χ0n) is 13.9. The zero-order valence-corrected chi connectivity index (χ0v) is 13.9. The second-order valence-electron chi connectivity index (χ2n) is 5.69. The predicted molar refractivity (Wildman–Crippen MR) is 101 cm³/mol. The Morgan fingerprint density at radius 3 is 2.00 bits per heavy atom. The summed E-state index contributed by atoms with van der Waals surface area (Å²) in [4.78, 5) is 0. The van der Waals surface area contributed by atoms with E-state index in [1.807, 2.05) is 0 Å². The van der Waals surface area contributed by atoms with E-state index in [0.717, 1.165) is 5.75 Å². The molecule has 0 saturated carbocycles. The molecule has 0 aliphatic carbocycles. The summed E-state index contributed by atoms with van der Waals surface area (Å²) in [7, 11) is 1.59. The molecule has 4 rings (SSSR count). The topological polar surface area (TPSA) is 29.5 Å². The standard InChI is InChI=1S/C15H12.C7H8O2/c1-11-5-4-8-14-9-12-6-2-3-7-13(12)10-15(11)14;1-9-7-4-2-6(8)3-5-7/h2-10H,1H3;2-5,8H,1H3. The summed E-state index contributed by atoms with van der Waals surface area (Å²) in [6.07, 6.45) is 0. The van der Waals surface area contributed by atoms with Crippen molar-refractivity contribution >= 4 is 21.5 Å². The van der Waals surface area contributed by atoms with Crippen LogP contribution in [-0.2, 0) is 0 Å². The minimum absolute atomic E-state index is 0.260. The highest BCUT2D eigenvalue weighted by atomic mass is 16.5. The van der Waals surface area contributed by atoms with Gasteiger partial charge in [0, 0.05) is 0 Å². The van der Waals surface area contributed by atoms with Gasteiger partial charge < -0.3 is 9.84 Å². The number of methoxy groups -OCH3 is 1. The lowest BCUT2D eigenvalue weighted by atomic mass is 10.0. The van der Waals surface area contributed by atoms with Crippen molar-refractivity contribution in [2.45, 2.75) is 6.92 Å². The Labute approximate surface area is 141 Å². The van der Waals surface area contributed by atoms with Gasteiger partial charge in [-0.2, -0.15) is 0 Å². The molecular formula is C22H20O2. The molecule has 0 aliphatic rings. The lowest BCUT2D eigenvalue weighted by molar-refractivity contribution is 0.412. The van der Waals surface area contributed by atoms with E-state index >= 15 is 0 Å². The van der Waals surface area contributed by atoms with Crippen molar-refractivity contribution in [3.8, 4) is 11.5 Å². The van der Waals surface area contributed by atoms with Crippen LogP contribution in [0.15, 0.2) is 78.9 Å². The number of benzene rings is 4. The lowest BCUT2D eigenvalue weighted by Gasteiger charge is -2.04. The van der Waals surface area contributed by atoms with Gasteiger partial charge in [0.25, 0.3) is 0 Å². The first-order chi connectivity index (χ1) is 11.7. The first kappa shape index (κ1) is 15.9. The van der Waals surface area contributed by atoms with Gasteiger partial charge in [0.1, 0.15) is 11.5 Å². The molecule has 0 amide bonds. The van der Waals surface area contributed by atoms with E-state index in [0.29, 0.717) is 0 Å². The summed E-state index contributed by atoms with van der Waals surface area (Å²) >= 11 is 0. The van der Waals surface area contributed by atoms with Gasteiger partial charge in [0.2, 0.25) is 0 Å². The molecule has 4 aromatic carbocycles. The fourth-order valence-corrected chi connectivity index (χ4v) is 2.71. The molecule has 0 heterocycles. The third-order valence-corrected chi connectivity index (χ3v) is 4.04. The Bertz CT molecular complexity index is 956. The fourth-order valence-electron chi connectivity index (χ4n) is 2.71. The minimum Gasteiger partial charge on any atom is -0.508 e. The van der Waals surface area contributed by atoms with Crippen LogP contribution in [0.3, 0.4) is 0 Å². The Hall–Kier alpha value is -3.00. The molecule has 0 saturated heterocycles. The van der Waals surface area contributed by atoms with E-state index in [1.54, 1.807) is 31.4 Å². The van der Waals surface area contributed by atoms with Crippen molar-refractivity contribution in [1.82, 2.24) is 0 Å². The number of hydrogen-bond acceptors (Lipinski definition) is 2. The van der Waals surface area contributed by atoms with Crippen molar-refractivity contribution in [2.24, 2.45) is 0 Å². The van der Waals surface area contributed by atoms with E-state index < -0.39 is 0 Å². The van der Waals surface area contributed by atoms with Gasteiger partial charge >= 0.3 is 0 Å². The molecule has 0 unspecified atom stereocenters. The quantitative estimate of drug-likeness (QED) is 0.456. The highest BCUT2D eigenvalue weighted by Gasteiger charge is 1.98. The Morgan fingerprint density at radius 1 is 0.708 bits per heavy atom. The number of fused-ring (bicyclic) bond motifs is 2. The summed E-state index contributed by atoms with van der Waals surface area (Å²) in [5.74, 6) is 1.02. The van der Waals surface area contributed by atoms with Gasteiger partial charge in [-0.1, -0.05) is 42.5 Å². The molecule has 0 fully saturated rings.